The van der Waals surface area contributed by atoms with Gasteiger partial charge >= 0.3 is 5.97 Å². The number of H-pyrrole nitrogens is 2. The smallest absolute Gasteiger partial charge is 0.324 e. The number of aryl methyl sites for hydroxylation is 1. The van der Waals surface area contributed by atoms with E-state index in [0.717, 1.165) is 47.3 Å². The third-order valence-electron chi connectivity index (χ3n) is 6.49. The van der Waals surface area contributed by atoms with Gasteiger partial charge in [0.15, 0.2) is 5.15 Å². The van der Waals surface area contributed by atoms with E-state index in [1.54, 1.807) is 7.05 Å². The van der Waals surface area contributed by atoms with Crippen LogP contribution in [0.4, 0.5) is 0 Å². The molecule has 2 aromatic carbocycles. The first-order valence-corrected chi connectivity index (χ1v) is 13.3. The summed E-state index contributed by atoms with van der Waals surface area (Å²) in [6.45, 7) is 6.08. The molecule has 2 atom stereocenters. The van der Waals surface area contributed by atoms with Gasteiger partial charge in [-0.05, 0) is 47.4 Å². The molecule has 0 aliphatic heterocycles. The van der Waals surface area contributed by atoms with Crippen molar-refractivity contribution in [3.63, 3.8) is 0 Å². The number of unbranched alkanes of at least 4 members (excludes halogenated alkanes) is 1. The highest BCUT2D eigenvalue weighted by Crippen LogP contribution is 2.34. The Kier molecular flexibility index (Phi) is 9.25. The number of hydrogen-bond donors (Lipinski definition) is 3. The van der Waals surface area contributed by atoms with Crippen molar-refractivity contribution in [2.75, 3.05) is 7.05 Å². The molecule has 10 heteroatoms. The summed E-state index contributed by atoms with van der Waals surface area (Å²) >= 11 is 6.58. The summed E-state index contributed by atoms with van der Waals surface area (Å²) in [7, 11) is 1.76. The number of imidazole rings is 1. The Hall–Kier alpha value is -3.56. The molecular formula is C28H34ClN7O2. The highest BCUT2D eigenvalue weighted by atomic mass is 35.5. The van der Waals surface area contributed by atoms with E-state index >= 15 is 0 Å². The number of esters is 1. The molecule has 2 aromatic heterocycles. The van der Waals surface area contributed by atoms with Crippen LogP contribution in [0.5, 0.6) is 0 Å². The maximum atomic E-state index is 13.2. The maximum absolute atomic E-state index is 13.2. The molecule has 0 saturated heterocycles. The first-order valence-electron chi connectivity index (χ1n) is 12.9. The van der Waals surface area contributed by atoms with Crippen molar-refractivity contribution >= 4 is 17.6 Å². The summed E-state index contributed by atoms with van der Waals surface area (Å²) in [5.74, 6) is 0.984. The van der Waals surface area contributed by atoms with Crippen molar-refractivity contribution in [3.05, 3.63) is 70.8 Å². The van der Waals surface area contributed by atoms with Gasteiger partial charge in [0.25, 0.3) is 0 Å². The number of nitrogens with one attached hydrogen (secondary N) is 3. The molecule has 3 N–H and O–H groups in total. The second-order valence-electron chi connectivity index (χ2n) is 9.61. The predicted molar refractivity (Wildman–Crippen MR) is 147 cm³/mol. The van der Waals surface area contributed by atoms with E-state index < -0.39 is 12.1 Å². The van der Waals surface area contributed by atoms with Crippen LogP contribution in [0, 0.1) is 5.92 Å². The van der Waals surface area contributed by atoms with Crippen molar-refractivity contribution in [3.8, 4) is 22.5 Å². The van der Waals surface area contributed by atoms with Crippen molar-refractivity contribution in [1.82, 2.24) is 35.9 Å². The monoisotopic (exact) mass is 535 g/mol. The van der Waals surface area contributed by atoms with Crippen LogP contribution in [0.3, 0.4) is 0 Å². The van der Waals surface area contributed by atoms with Crippen molar-refractivity contribution < 1.29 is 9.53 Å². The topological polar surface area (TPSA) is 121 Å². The molecule has 0 spiro atoms. The first kappa shape index (κ1) is 27.5. The quantitative estimate of drug-likeness (QED) is 0.210. The minimum absolute atomic E-state index is 0.0560. The molecule has 4 rings (SSSR count). The molecule has 0 fully saturated rings. The van der Waals surface area contributed by atoms with Gasteiger partial charge in [-0.3, -0.25) is 4.79 Å². The van der Waals surface area contributed by atoms with Gasteiger partial charge in [0.1, 0.15) is 18.0 Å². The Morgan fingerprint density at radius 3 is 2.58 bits per heavy atom. The molecular weight excluding hydrogens is 502 g/mol. The summed E-state index contributed by atoms with van der Waals surface area (Å²) < 4.78 is 6.09. The van der Waals surface area contributed by atoms with E-state index in [-0.39, 0.29) is 11.9 Å². The predicted octanol–water partition coefficient (Wildman–Crippen LogP) is 5.32. The molecule has 0 aliphatic carbocycles. The SMILES string of the molecule is CCCCc1nc(Cl)c([C@H](Cc2ccc(-c3ccccc3)c(-c3nn[nH]n3)c2)OC(=O)[C@@H](NC)C(C)C)[nH]1. The van der Waals surface area contributed by atoms with Crippen molar-refractivity contribution in [2.24, 2.45) is 5.92 Å². The molecule has 4 aromatic rings. The average molecular weight is 536 g/mol. The molecule has 0 aliphatic rings. The van der Waals surface area contributed by atoms with E-state index in [1.807, 2.05) is 62.4 Å². The fraction of sp³-hybridized carbons (Fsp3) is 0.393. The maximum Gasteiger partial charge on any atom is 0.324 e. The zero-order chi connectivity index (χ0) is 27.1. The molecule has 0 saturated carbocycles. The second kappa shape index (κ2) is 12.8. The number of benzene rings is 2. The van der Waals surface area contributed by atoms with Gasteiger partial charge in [0.05, 0.1) is 5.69 Å². The van der Waals surface area contributed by atoms with Crippen LogP contribution in [0.1, 0.15) is 56.8 Å². The highest BCUT2D eigenvalue weighted by Gasteiger charge is 2.29. The third kappa shape index (κ3) is 6.46. The molecule has 0 bridgehead atoms. The van der Waals surface area contributed by atoms with Gasteiger partial charge in [-0.25, -0.2) is 4.98 Å². The number of hydrogen-bond acceptors (Lipinski definition) is 7. The Labute approximate surface area is 227 Å². The van der Waals surface area contributed by atoms with Crippen LogP contribution >= 0.6 is 11.6 Å². The number of ether oxygens (including phenoxy) is 1. The first-order chi connectivity index (χ1) is 18.4. The second-order valence-corrected chi connectivity index (χ2v) is 9.97. The fourth-order valence-corrected chi connectivity index (χ4v) is 4.76. The number of carbonyl (C=O) groups excluding carboxylic acids is 1. The van der Waals surface area contributed by atoms with Gasteiger partial charge < -0.3 is 15.0 Å². The van der Waals surface area contributed by atoms with E-state index in [4.69, 9.17) is 16.3 Å². The number of aromatic nitrogens is 6. The van der Waals surface area contributed by atoms with Crippen molar-refractivity contribution in [2.45, 2.75) is 58.6 Å². The summed E-state index contributed by atoms with van der Waals surface area (Å²) in [5.41, 5.74) is 4.35. The summed E-state index contributed by atoms with van der Waals surface area (Å²) in [5, 5.41) is 18.1. The summed E-state index contributed by atoms with van der Waals surface area (Å²) in [4.78, 5) is 21.0. The zero-order valence-electron chi connectivity index (χ0n) is 22.2. The van der Waals surface area contributed by atoms with Crippen LogP contribution in [-0.4, -0.2) is 49.7 Å². The molecule has 9 nitrogen and oxygen atoms in total. The number of aromatic amines is 2. The number of likely N-dealkylation sites (N-methyl/N-ethyl adjacent to an activating group) is 1. The van der Waals surface area contributed by atoms with E-state index in [1.165, 1.54) is 0 Å². The molecule has 0 amide bonds. The Morgan fingerprint density at radius 1 is 1.13 bits per heavy atom. The lowest BCUT2D eigenvalue weighted by molar-refractivity contribution is -0.153. The summed E-state index contributed by atoms with van der Waals surface area (Å²) in [6, 6.07) is 15.6. The van der Waals surface area contributed by atoms with E-state index in [9.17, 15) is 4.79 Å². The lowest BCUT2D eigenvalue weighted by Crippen LogP contribution is -2.40. The van der Waals surface area contributed by atoms with Crippen molar-refractivity contribution in [1.29, 1.82) is 0 Å². The van der Waals surface area contributed by atoms with Gasteiger partial charge in [-0.2, -0.15) is 5.21 Å². The van der Waals surface area contributed by atoms with Gasteiger partial charge in [-0.15, -0.1) is 10.2 Å². The Bertz CT molecular complexity index is 1320. The van der Waals surface area contributed by atoms with Crippen LogP contribution in [0.25, 0.3) is 22.5 Å². The minimum atomic E-state index is -0.659. The lowest BCUT2D eigenvalue weighted by atomic mass is 9.95. The van der Waals surface area contributed by atoms with E-state index in [2.05, 4.69) is 42.8 Å². The van der Waals surface area contributed by atoms with Crippen LogP contribution in [0.15, 0.2) is 48.5 Å². The molecule has 0 radical (unpaired) electrons. The largest absolute Gasteiger partial charge is 0.454 e. The zero-order valence-corrected chi connectivity index (χ0v) is 22.9. The molecule has 0 unspecified atom stereocenters. The number of tetrazole rings is 1. The number of carbonyl (C=O) groups is 1. The average Bonchev–Trinajstić information content (AvgIpc) is 3.58. The summed E-state index contributed by atoms with van der Waals surface area (Å²) in [6.07, 6.45) is 2.52. The molecule has 200 valence electrons. The Morgan fingerprint density at radius 2 is 1.92 bits per heavy atom. The van der Waals surface area contributed by atoms with Gasteiger partial charge in [-0.1, -0.05) is 81.3 Å². The molecule has 2 heterocycles. The van der Waals surface area contributed by atoms with Gasteiger partial charge in [0.2, 0.25) is 5.82 Å². The van der Waals surface area contributed by atoms with Crippen LogP contribution in [0.2, 0.25) is 5.15 Å². The van der Waals surface area contributed by atoms with Gasteiger partial charge in [0, 0.05) is 18.4 Å². The van der Waals surface area contributed by atoms with Crippen LogP contribution in [-0.2, 0) is 22.4 Å². The lowest BCUT2D eigenvalue weighted by Gasteiger charge is -2.23. The highest BCUT2D eigenvalue weighted by molar-refractivity contribution is 6.30. The standard InChI is InChI=1S/C28H34ClN7O2/c1-5-6-12-23-31-25(26(29)32-23)22(38-28(37)24(30-4)17(2)3)16-18-13-14-20(19-10-8-7-9-11-19)21(15-18)27-33-35-36-34-27/h7-11,13-15,17,22,24,30H,5-6,12,16H2,1-4H3,(H,31,32)(H,33,34,35,36)/t22-,24-/m0/s1. The van der Waals surface area contributed by atoms with E-state index in [0.29, 0.717) is 23.1 Å². The fourth-order valence-electron chi connectivity index (χ4n) is 4.49. The minimum Gasteiger partial charge on any atom is -0.454 e. The third-order valence-corrected chi connectivity index (χ3v) is 6.78. The number of rotatable bonds is 12. The number of nitrogens with zero attached hydrogens (tertiary/aromatic N) is 4. The normalized spacial score (nSPS) is 13.0. The molecule has 38 heavy (non-hydrogen) atoms. The van der Waals surface area contributed by atoms with Crippen LogP contribution < -0.4 is 5.32 Å². The number of halogens is 1. The Balaban J connectivity index is 1.71.